The minimum atomic E-state index is -1.12. The number of nitrogens with zero attached hydrogens (tertiary/aromatic N) is 1. The van der Waals surface area contributed by atoms with Gasteiger partial charge in [-0.15, -0.1) is 11.8 Å². The van der Waals surface area contributed by atoms with Crippen molar-refractivity contribution in [2.75, 3.05) is 24.8 Å². The Kier molecular flexibility index (Phi) is 6.23. The number of thioether (sulfide) groups is 1. The van der Waals surface area contributed by atoms with Crippen molar-refractivity contribution < 1.29 is 28.7 Å². The first-order valence-corrected chi connectivity index (χ1v) is 9.85. The van der Waals surface area contributed by atoms with Crippen LogP contribution < -0.4 is 14.8 Å². The van der Waals surface area contributed by atoms with Crippen molar-refractivity contribution in [3.05, 3.63) is 52.1 Å². The number of carbonyl (C=O) groups is 2. The SMILES string of the molecule is CSc1ccc(C(=O)O[C@@H](C)C(=O)Nc2ccc3c(c2)OCCO3)cc1[N+](=O)[O-]. The number of carbonyl (C=O) groups excluding carboxylic acids is 2. The molecule has 0 radical (unpaired) electrons. The second-order valence-electron chi connectivity index (χ2n) is 6.04. The molecule has 0 aromatic heterocycles. The third kappa shape index (κ3) is 4.77. The Labute approximate surface area is 170 Å². The van der Waals surface area contributed by atoms with E-state index >= 15 is 0 Å². The van der Waals surface area contributed by atoms with Crippen molar-refractivity contribution in [2.45, 2.75) is 17.9 Å². The van der Waals surface area contributed by atoms with Gasteiger partial charge in [0.05, 0.1) is 15.4 Å². The van der Waals surface area contributed by atoms with Gasteiger partial charge in [0.25, 0.3) is 11.6 Å². The minimum absolute atomic E-state index is 0.00604. The zero-order chi connectivity index (χ0) is 21.0. The summed E-state index contributed by atoms with van der Waals surface area (Å²) in [4.78, 5) is 35.7. The summed E-state index contributed by atoms with van der Waals surface area (Å²) in [5.74, 6) is -0.278. The van der Waals surface area contributed by atoms with Crippen molar-refractivity contribution in [3.8, 4) is 11.5 Å². The summed E-state index contributed by atoms with van der Waals surface area (Å²) in [6, 6.07) is 8.97. The lowest BCUT2D eigenvalue weighted by molar-refractivity contribution is -0.387. The van der Waals surface area contributed by atoms with E-state index in [1.807, 2.05) is 0 Å². The molecule has 1 atom stereocenters. The van der Waals surface area contributed by atoms with Crippen LogP contribution >= 0.6 is 11.8 Å². The maximum atomic E-state index is 12.4. The molecule has 1 aliphatic rings. The fourth-order valence-corrected chi connectivity index (χ4v) is 3.15. The Morgan fingerprint density at radius 1 is 1.17 bits per heavy atom. The highest BCUT2D eigenvalue weighted by Crippen LogP contribution is 2.32. The van der Waals surface area contributed by atoms with Gasteiger partial charge in [-0.1, -0.05) is 0 Å². The molecule has 9 nitrogen and oxygen atoms in total. The van der Waals surface area contributed by atoms with Crippen LogP contribution in [0, 0.1) is 10.1 Å². The van der Waals surface area contributed by atoms with Crippen molar-refractivity contribution in [1.82, 2.24) is 0 Å². The van der Waals surface area contributed by atoms with E-state index in [0.717, 1.165) is 6.07 Å². The molecule has 0 bridgehead atoms. The van der Waals surface area contributed by atoms with E-state index < -0.39 is 22.9 Å². The van der Waals surface area contributed by atoms with Crippen LogP contribution in [0.4, 0.5) is 11.4 Å². The average Bonchev–Trinajstić information content (AvgIpc) is 2.72. The Morgan fingerprint density at radius 2 is 1.90 bits per heavy atom. The second kappa shape index (κ2) is 8.82. The van der Waals surface area contributed by atoms with E-state index in [2.05, 4.69) is 5.32 Å². The smallest absolute Gasteiger partial charge is 0.339 e. The van der Waals surface area contributed by atoms with Gasteiger partial charge < -0.3 is 19.5 Å². The molecule has 0 fully saturated rings. The first-order chi connectivity index (χ1) is 13.9. The molecule has 2 aromatic carbocycles. The number of nitrogens with one attached hydrogen (secondary N) is 1. The van der Waals surface area contributed by atoms with E-state index in [0.29, 0.717) is 35.3 Å². The zero-order valence-electron chi connectivity index (χ0n) is 15.7. The summed E-state index contributed by atoms with van der Waals surface area (Å²) in [7, 11) is 0. The van der Waals surface area contributed by atoms with Gasteiger partial charge in [0, 0.05) is 17.8 Å². The fraction of sp³-hybridized carbons (Fsp3) is 0.263. The molecule has 0 aliphatic carbocycles. The normalized spacial score (nSPS) is 13.3. The van der Waals surface area contributed by atoms with Crippen molar-refractivity contribution in [3.63, 3.8) is 0 Å². The number of nitro groups is 1. The van der Waals surface area contributed by atoms with E-state index in [-0.39, 0.29) is 11.3 Å². The van der Waals surface area contributed by atoms with Crippen LogP contribution in [0.1, 0.15) is 17.3 Å². The van der Waals surface area contributed by atoms with E-state index in [9.17, 15) is 19.7 Å². The minimum Gasteiger partial charge on any atom is -0.486 e. The maximum absolute atomic E-state index is 12.4. The number of esters is 1. The Morgan fingerprint density at radius 3 is 2.59 bits per heavy atom. The molecule has 1 aliphatic heterocycles. The van der Waals surface area contributed by atoms with E-state index in [4.69, 9.17) is 14.2 Å². The number of amides is 1. The van der Waals surface area contributed by atoms with Gasteiger partial charge in [-0.25, -0.2) is 4.79 Å². The van der Waals surface area contributed by atoms with Crippen LogP contribution in [0.25, 0.3) is 0 Å². The van der Waals surface area contributed by atoms with Gasteiger partial charge in [0.2, 0.25) is 0 Å². The maximum Gasteiger partial charge on any atom is 0.339 e. The van der Waals surface area contributed by atoms with Crippen LogP contribution in [0.5, 0.6) is 11.5 Å². The number of hydrogen-bond donors (Lipinski definition) is 1. The third-order valence-electron chi connectivity index (χ3n) is 4.07. The number of rotatable bonds is 6. The van der Waals surface area contributed by atoms with Gasteiger partial charge in [-0.3, -0.25) is 14.9 Å². The van der Waals surface area contributed by atoms with Crippen molar-refractivity contribution in [1.29, 1.82) is 0 Å². The summed E-state index contributed by atoms with van der Waals surface area (Å²) in [5.41, 5.74) is 0.260. The van der Waals surface area contributed by atoms with Crippen molar-refractivity contribution in [2.24, 2.45) is 0 Å². The molecular formula is C19H18N2O7S. The highest BCUT2D eigenvalue weighted by Gasteiger charge is 2.23. The number of ether oxygens (including phenoxy) is 3. The predicted molar refractivity (Wildman–Crippen MR) is 106 cm³/mol. The molecule has 0 saturated carbocycles. The molecule has 1 N–H and O–H groups in total. The van der Waals surface area contributed by atoms with Gasteiger partial charge in [-0.2, -0.15) is 0 Å². The van der Waals surface area contributed by atoms with Gasteiger partial charge in [0.1, 0.15) is 13.2 Å². The Balaban J connectivity index is 1.65. The van der Waals surface area contributed by atoms with Gasteiger partial charge in [0.15, 0.2) is 17.6 Å². The molecule has 3 rings (SSSR count). The number of fused-ring (bicyclic) bond motifs is 1. The molecule has 152 valence electrons. The first kappa shape index (κ1) is 20.5. The average molecular weight is 418 g/mol. The summed E-state index contributed by atoms with van der Waals surface area (Å²) in [6.45, 7) is 2.29. The van der Waals surface area contributed by atoms with E-state index in [1.165, 1.54) is 30.8 Å². The van der Waals surface area contributed by atoms with Crippen LogP contribution in [0.2, 0.25) is 0 Å². The lowest BCUT2D eigenvalue weighted by atomic mass is 10.2. The first-order valence-electron chi connectivity index (χ1n) is 8.63. The number of anilines is 1. The van der Waals surface area contributed by atoms with Crippen LogP contribution in [0.3, 0.4) is 0 Å². The lowest BCUT2D eigenvalue weighted by Gasteiger charge is -2.19. The summed E-state index contributed by atoms with van der Waals surface area (Å²) in [6.07, 6.45) is 0.583. The largest absolute Gasteiger partial charge is 0.486 e. The third-order valence-corrected chi connectivity index (χ3v) is 4.86. The Bertz CT molecular complexity index is 964. The molecule has 10 heteroatoms. The molecule has 1 heterocycles. The molecule has 0 unspecified atom stereocenters. The predicted octanol–water partition coefficient (Wildman–Crippen LogP) is 3.27. The summed E-state index contributed by atoms with van der Waals surface area (Å²) < 4.78 is 16.0. The summed E-state index contributed by atoms with van der Waals surface area (Å²) in [5, 5.41) is 13.8. The highest BCUT2D eigenvalue weighted by molar-refractivity contribution is 7.98. The van der Waals surface area contributed by atoms with Crippen LogP contribution in [-0.4, -0.2) is 42.4 Å². The topological polar surface area (TPSA) is 117 Å². The van der Waals surface area contributed by atoms with Crippen molar-refractivity contribution >= 4 is 35.0 Å². The lowest BCUT2D eigenvalue weighted by Crippen LogP contribution is -2.30. The molecule has 0 saturated heterocycles. The van der Waals surface area contributed by atoms with Gasteiger partial charge in [-0.05, 0) is 37.4 Å². The molecular weight excluding hydrogens is 400 g/mol. The number of hydrogen-bond acceptors (Lipinski definition) is 8. The van der Waals surface area contributed by atoms with Crippen LogP contribution in [0.15, 0.2) is 41.3 Å². The molecule has 29 heavy (non-hydrogen) atoms. The zero-order valence-corrected chi connectivity index (χ0v) is 16.5. The molecule has 0 spiro atoms. The van der Waals surface area contributed by atoms with E-state index in [1.54, 1.807) is 24.5 Å². The monoisotopic (exact) mass is 418 g/mol. The number of nitro benzene ring substituents is 1. The fourth-order valence-electron chi connectivity index (χ4n) is 2.61. The molecule has 1 amide bonds. The highest BCUT2D eigenvalue weighted by atomic mass is 32.2. The van der Waals surface area contributed by atoms with Gasteiger partial charge >= 0.3 is 5.97 Å². The second-order valence-corrected chi connectivity index (χ2v) is 6.89. The van der Waals surface area contributed by atoms with Crippen LogP contribution in [-0.2, 0) is 9.53 Å². The molecule has 2 aromatic rings. The summed E-state index contributed by atoms with van der Waals surface area (Å²) >= 11 is 1.20. The standard InChI is InChI=1S/C19H18N2O7S/c1-11(18(22)20-13-4-5-15-16(10-13)27-8-7-26-15)28-19(23)12-3-6-17(29-2)14(9-12)21(24)25/h3-6,9-11H,7-8H2,1-2H3,(H,20,22)/t11-/m0/s1. The Hall–Kier alpha value is -3.27. The number of benzene rings is 2. The quantitative estimate of drug-likeness (QED) is 0.329.